The molecule has 0 bridgehead atoms. The fourth-order valence-corrected chi connectivity index (χ4v) is 2.43. The van der Waals surface area contributed by atoms with E-state index in [9.17, 15) is 4.39 Å². The normalized spacial score (nSPS) is 11.0. The number of nitrogens with zero attached hydrogens (tertiary/aromatic N) is 2. The Labute approximate surface area is 119 Å². The molecule has 108 valence electrons. The lowest BCUT2D eigenvalue weighted by Gasteiger charge is -2.08. The van der Waals surface area contributed by atoms with Gasteiger partial charge < -0.3 is 5.32 Å². The number of aromatic nitrogens is 2. The first kappa shape index (κ1) is 14.7. The van der Waals surface area contributed by atoms with Crippen LogP contribution in [-0.4, -0.2) is 16.3 Å². The lowest BCUT2D eigenvalue weighted by atomic mass is 10.1. The van der Waals surface area contributed by atoms with Crippen molar-refractivity contribution in [2.75, 3.05) is 6.54 Å². The summed E-state index contributed by atoms with van der Waals surface area (Å²) in [5.41, 5.74) is 4.52. The van der Waals surface area contributed by atoms with E-state index in [0.717, 1.165) is 37.3 Å². The Morgan fingerprint density at radius 2 is 1.80 bits per heavy atom. The Balaban J connectivity index is 2.47. The molecule has 1 N–H and O–H groups in total. The lowest BCUT2D eigenvalue weighted by molar-refractivity contribution is 0.626. The van der Waals surface area contributed by atoms with Crippen LogP contribution in [0.4, 0.5) is 4.39 Å². The van der Waals surface area contributed by atoms with Crippen molar-refractivity contribution in [2.24, 2.45) is 0 Å². The lowest BCUT2D eigenvalue weighted by Crippen LogP contribution is -2.14. The highest BCUT2D eigenvalue weighted by atomic mass is 19.1. The minimum absolute atomic E-state index is 0.220. The number of nitrogens with one attached hydrogen (secondary N) is 1. The SMILES string of the molecule is CCNCc1c(CC)nn(-c2ccc(F)cc2)c1CC. The Kier molecular flexibility index (Phi) is 4.90. The molecule has 1 aromatic carbocycles. The highest BCUT2D eigenvalue weighted by Gasteiger charge is 2.16. The molecule has 0 aliphatic rings. The van der Waals surface area contributed by atoms with E-state index >= 15 is 0 Å². The van der Waals surface area contributed by atoms with Crippen molar-refractivity contribution in [3.63, 3.8) is 0 Å². The molecule has 4 heteroatoms. The van der Waals surface area contributed by atoms with Crippen molar-refractivity contribution in [1.29, 1.82) is 0 Å². The first-order valence-electron chi connectivity index (χ1n) is 7.27. The van der Waals surface area contributed by atoms with Crippen molar-refractivity contribution in [1.82, 2.24) is 15.1 Å². The summed E-state index contributed by atoms with van der Waals surface area (Å²) in [4.78, 5) is 0. The molecule has 0 fully saturated rings. The standard InChI is InChI=1S/C16H22FN3/c1-4-15-14(11-18-6-3)16(5-2)20(19-15)13-9-7-12(17)8-10-13/h7-10,18H,4-6,11H2,1-3H3. The molecule has 0 spiro atoms. The van der Waals surface area contributed by atoms with E-state index in [4.69, 9.17) is 5.10 Å². The highest BCUT2D eigenvalue weighted by Crippen LogP contribution is 2.20. The predicted molar refractivity (Wildman–Crippen MR) is 79.7 cm³/mol. The number of hydrogen-bond acceptors (Lipinski definition) is 2. The summed E-state index contributed by atoms with van der Waals surface area (Å²) in [6.45, 7) is 8.12. The maximum atomic E-state index is 13.1. The maximum Gasteiger partial charge on any atom is 0.123 e. The van der Waals surface area contributed by atoms with Gasteiger partial charge in [-0.1, -0.05) is 20.8 Å². The largest absolute Gasteiger partial charge is 0.313 e. The summed E-state index contributed by atoms with van der Waals surface area (Å²) in [7, 11) is 0. The molecule has 0 amide bonds. The molecule has 3 nitrogen and oxygen atoms in total. The van der Waals surface area contributed by atoms with Crippen LogP contribution in [0.2, 0.25) is 0 Å². The van der Waals surface area contributed by atoms with Crippen LogP contribution in [-0.2, 0) is 19.4 Å². The molecule has 0 saturated heterocycles. The summed E-state index contributed by atoms with van der Waals surface area (Å²) in [6, 6.07) is 6.51. The van der Waals surface area contributed by atoms with Gasteiger partial charge in [0.25, 0.3) is 0 Å². The Morgan fingerprint density at radius 1 is 1.10 bits per heavy atom. The quantitative estimate of drug-likeness (QED) is 0.877. The van der Waals surface area contributed by atoms with Crippen LogP contribution in [0.25, 0.3) is 5.69 Å². The summed E-state index contributed by atoms with van der Waals surface area (Å²) >= 11 is 0. The first-order chi connectivity index (χ1) is 9.71. The fourth-order valence-electron chi connectivity index (χ4n) is 2.43. The molecule has 20 heavy (non-hydrogen) atoms. The zero-order valence-corrected chi connectivity index (χ0v) is 12.4. The zero-order chi connectivity index (χ0) is 14.5. The average Bonchev–Trinajstić information content (AvgIpc) is 2.83. The smallest absolute Gasteiger partial charge is 0.123 e. The van der Waals surface area contributed by atoms with Crippen molar-refractivity contribution >= 4 is 0 Å². The number of hydrogen-bond donors (Lipinski definition) is 1. The van der Waals surface area contributed by atoms with E-state index in [1.807, 2.05) is 4.68 Å². The Hall–Kier alpha value is -1.68. The second kappa shape index (κ2) is 6.66. The zero-order valence-electron chi connectivity index (χ0n) is 12.4. The van der Waals surface area contributed by atoms with Crippen molar-refractivity contribution < 1.29 is 4.39 Å². The van der Waals surface area contributed by atoms with E-state index in [0.29, 0.717) is 0 Å². The molecule has 1 heterocycles. The molecule has 0 saturated carbocycles. The van der Waals surface area contributed by atoms with Crippen LogP contribution < -0.4 is 5.32 Å². The molecular weight excluding hydrogens is 253 g/mol. The van der Waals surface area contributed by atoms with Crippen LogP contribution in [0.5, 0.6) is 0 Å². The van der Waals surface area contributed by atoms with Crippen LogP contribution in [0.15, 0.2) is 24.3 Å². The average molecular weight is 275 g/mol. The van der Waals surface area contributed by atoms with Gasteiger partial charge in [0.15, 0.2) is 0 Å². The summed E-state index contributed by atoms with van der Waals surface area (Å²) < 4.78 is 15.0. The molecule has 0 atom stereocenters. The minimum Gasteiger partial charge on any atom is -0.313 e. The predicted octanol–water partition coefficient (Wildman–Crippen LogP) is 3.25. The summed E-state index contributed by atoms with van der Waals surface area (Å²) in [5, 5.41) is 8.08. The number of benzene rings is 1. The van der Waals surface area contributed by atoms with E-state index in [-0.39, 0.29) is 5.82 Å². The van der Waals surface area contributed by atoms with Crippen molar-refractivity contribution in [2.45, 2.75) is 40.2 Å². The molecule has 0 radical (unpaired) electrons. The minimum atomic E-state index is -0.220. The van der Waals surface area contributed by atoms with Gasteiger partial charge in [-0.05, 0) is 43.7 Å². The molecule has 2 rings (SSSR count). The molecular formula is C16H22FN3. The van der Waals surface area contributed by atoms with Gasteiger partial charge >= 0.3 is 0 Å². The Bertz CT molecular complexity index is 558. The summed E-state index contributed by atoms with van der Waals surface area (Å²) in [5.74, 6) is -0.220. The van der Waals surface area contributed by atoms with Crippen molar-refractivity contribution in [3.05, 3.63) is 47.0 Å². The third-order valence-corrected chi connectivity index (χ3v) is 3.47. The second-order valence-electron chi connectivity index (χ2n) is 4.75. The van der Waals surface area contributed by atoms with Crippen LogP contribution in [0.3, 0.4) is 0 Å². The van der Waals surface area contributed by atoms with E-state index in [1.54, 1.807) is 12.1 Å². The van der Waals surface area contributed by atoms with Crippen LogP contribution in [0, 0.1) is 5.82 Å². The fraction of sp³-hybridized carbons (Fsp3) is 0.438. The highest BCUT2D eigenvalue weighted by molar-refractivity contribution is 5.38. The molecule has 1 aromatic heterocycles. The van der Waals surface area contributed by atoms with E-state index < -0.39 is 0 Å². The maximum absolute atomic E-state index is 13.1. The van der Waals surface area contributed by atoms with Gasteiger partial charge in [0.2, 0.25) is 0 Å². The second-order valence-corrected chi connectivity index (χ2v) is 4.75. The topological polar surface area (TPSA) is 29.9 Å². The molecule has 2 aromatic rings. The Morgan fingerprint density at radius 3 is 2.35 bits per heavy atom. The molecule has 0 aliphatic heterocycles. The number of rotatable bonds is 6. The molecule has 0 unspecified atom stereocenters. The van der Waals surface area contributed by atoms with Crippen LogP contribution in [0.1, 0.15) is 37.7 Å². The number of aryl methyl sites for hydroxylation is 1. The van der Waals surface area contributed by atoms with Gasteiger partial charge in [0.05, 0.1) is 11.4 Å². The van der Waals surface area contributed by atoms with Gasteiger partial charge in [0, 0.05) is 17.8 Å². The van der Waals surface area contributed by atoms with Crippen LogP contribution >= 0.6 is 0 Å². The van der Waals surface area contributed by atoms with E-state index in [2.05, 4.69) is 26.1 Å². The first-order valence-corrected chi connectivity index (χ1v) is 7.27. The third kappa shape index (κ3) is 2.90. The summed E-state index contributed by atoms with van der Waals surface area (Å²) in [6.07, 6.45) is 1.81. The van der Waals surface area contributed by atoms with Crippen molar-refractivity contribution in [3.8, 4) is 5.69 Å². The number of halogens is 1. The van der Waals surface area contributed by atoms with Gasteiger partial charge in [0.1, 0.15) is 5.82 Å². The molecule has 0 aliphatic carbocycles. The van der Waals surface area contributed by atoms with Gasteiger partial charge in [-0.2, -0.15) is 5.10 Å². The van der Waals surface area contributed by atoms with Gasteiger partial charge in [-0.25, -0.2) is 9.07 Å². The monoisotopic (exact) mass is 275 g/mol. The van der Waals surface area contributed by atoms with Gasteiger partial charge in [-0.15, -0.1) is 0 Å². The third-order valence-electron chi connectivity index (χ3n) is 3.47. The van der Waals surface area contributed by atoms with Gasteiger partial charge in [-0.3, -0.25) is 0 Å². The van der Waals surface area contributed by atoms with E-state index in [1.165, 1.54) is 23.4 Å².